The molecule has 0 radical (unpaired) electrons. The number of furan rings is 1. The second kappa shape index (κ2) is 5.69. The van der Waals surface area contributed by atoms with E-state index < -0.39 is 0 Å². The molecule has 3 unspecified atom stereocenters. The Morgan fingerprint density at radius 1 is 1.53 bits per heavy atom. The van der Waals surface area contributed by atoms with Gasteiger partial charge in [0.15, 0.2) is 0 Å². The average Bonchev–Trinajstić information content (AvgIpc) is 2.89. The molecular formula is C14H23NO2. The van der Waals surface area contributed by atoms with Crippen molar-refractivity contribution in [2.45, 2.75) is 45.2 Å². The van der Waals surface area contributed by atoms with Crippen LogP contribution in [0.1, 0.15) is 44.1 Å². The van der Waals surface area contributed by atoms with Crippen LogP contribution in [0.3, 0.4) is 0 Å². The van der Waals surface area contributed by atoms with Crippen molar-refractivity contribution in [1.82, 2.24) is 5.32 Å². The highest BCUT2D eigenvalue weighted by Crippen LogP contribution is 2.47. The molecular weight excluding hydrogens is 214 g/mol. The van der Waals surface area contributed by atoms with E-state index in [1.54, 1.807) is 7.11 Å². The minimum absolute atomic E-state index is 0.411. The Hall–Kier alpha value is -0.800. The fourth-order valence-corrected chi connectivity index (χ4v) is 2.17. The summed E-state index contributed by atoms with van der Waals surface area (Å²) in [5.74, 6) is 3.67. The van der Waals surface area contributed by atoms with Gasteiger partial charge in [-0.05, 0) is 30.9 Å². The Morgan fingerprint density at radius 2 is 2.29 bits per heavy atom. The summed E-state index contributed by atoms with van der Waals surface area (Å²) in [4.78, 5) is 0. The van der Waals surface area contributed by atoms with E-state index in [0.29, 0.717) is 12.0 Å². The van der Waals surface area contributed by atoms with Gasteiger partial charge in [-0.25, -0.2) is 0 Å². The average molecular weight is 237 g/mol. The highest BCUT2D eigenvalue weighted by atomic mass is 16.5. The van der Waals surface area contributed by atoms with Crippen molar-refractivity contribution in [2.75, 3.05) is 13.7 Å². The summed E-state index contributed by atoms with van der Waals surface area (Å²) < 4.78 is 11.0. The van der Waals surface area contributed by atoms with Gasteiger partial charge >= 0.3 is 0 Å². The van der Waals surface area contributed by atoms with Gasteiger partial charge in [0.2, 0.25) is 0 Å². The summed E-state index contributed by atoms with van der Waals surface area (Å²) >= 11 is 0. The zero-order chi connectivity index (χ0) is 12.3. The van der Waals surface area contributed by atoms with Crippen LogP contribution in [0, 0.1) is 5.92 Å². The van der Waals surface area contributed by atoms with Crippen molar-refractivity contribution in [2.24, 2.45) is 5.92 Å². The number of hydrogen-bond donors (Lipinski definition) is 1. The smallest absolute Gasteiger partial charge is 0.117 e. The lowest BCUT2D eigenvalue weighted by Crippen LogP contribution is -2.31. The first-order chi connectivity index (χ1) is 8.24. The molecule has 1 aliphatic rings. The first-order valence-corrected chi connectivity index (χ1v) is 6.55. The Morgan fingerprint density at radius 3 is 2.88 bits per heavy atom. The van der Waals surface area contributed by atoms with Crippen LogP contribution in [-0.4, -0.2) is 19.8 Å². The number of nitrogens with one attached hydrogen (secondary N) is 1. The molecule has 1 aliphatic carbocycles. The van der Waals surface area contributed by atoms with Crippen LogP contribution in [0.15, 0.2) is 16.5 Å². The van der Waals surface area contributed by atoms with Crippen LogP contribution in [-0.2, 0) is 11.3 Å². The summed E-state index contributed by atoms with van der Waals surface area (Å²) in [7, 11) is 1.74. The third-order valence-corrected chi connectivity index (χ3v) is 3.58. The lowest BCUT2D eigenvalue weighted by molar-refractivity contribution is 0.162. The van der Waals surface area contributed by atoms with Gasteiger partial charge in [-0.3, -0.25) is 0 Å². The minimum Gasteiger partial charge on any atom is -0.464 e. The third-order valence-electron chi connectivity index (χ3n) is 3.58. The zero-order valence-corrected chi connectivity index (χ0v) is 11.0. The summed E-state index contributed by atoms with van der Waals surface area (Å²) in [5, 5.41) is 3.45. The molecule has 1 aromatic heterocycles. The molecule has 0 bridgehead atoms. The minimum atomic E-state index is 0.411. The quantitative estimate of drug-likeness (QED) is 0.791. The van der Waals surface area contributed by atoms with E-state index in [1.807, 2.05) is 0 Å². The molecule has 1 saturated carbocycles. The Balaban J connectivity index is 1.80. The number of ether oxygens (including phenoxy) is 1. The molecule has 3 heteroatoms. The summed E-state index contributed by atoms with van der Waals surface area (Å²) in [6.07, 6.45) is 2.35. The van der Waals surface area contributed by atoms with Gasteiger partial charge in [0.25, 0.3) is 0 Å². The molecule has 1 aromatic rings. The Labute approximate surface area is 104 Å². The van der Waals surface area contributed by atoms with E-state index in [4.69, 9.17) is 9.15 Å². The van der Waals surface area contributed by atoms with Gasteiger partial charge in [-0.15, -0.1) is 0 Å². The molecule has 0 aromatic carbocycles. The van der Waals surface area contributed by atoms with Gasteiger partial charge in [-0.1, -0.05) is 13.8 Å². The summed E-state index contributed by atoms with van der Waals surface area (Å²) in [5.41, 5.74) is 0. The standard InChI is InChI=1S/C14H23NO2/c1-4-11(9-16-3)15-8-12-5-6-14(17-12)13-7-10(13)2/h5-6,10-11,13,15H,4,7-9H2,1-3H3. The first kappa shape index (κ1) is 12.7. The monoisotopic (exact) mass is 237 g/mol. The molecule has 0 saturated heterocycles. The highest BCUT2D eigenvalue weighted by Gasteiger charge is 2.36. The number of methoxy groups -OCH3 is 1. The van der Waals surface area contributed by atoms with Crippen LogP contribution in [0.2, 0.25) is 0 Å². The van der Waals surface area contributed by atoms with Crippen molar-refractivity contribution in [3.8, 4) is 0 Å². The van der Waals surface area contributed by atoms with Crippen LogP contribution in [0.4, 0.5) is 0 Å². The van der Waals surface area contributed by atoms with E-state index in [-0.39, 0.29) is 0 Å². The Kier molecular flexibility index (Phi) is 4.24. The maximum atomic E-state index is 5.85. The molecule has 17 heavy (non-hydrogen) atoms. The zero-order valence-electron chi connectivity index (χ0n) is 11.0. The van der Waals surface area contributed by atoms with Gasteiger partial charge in [0.1, 0.15) is 11.5 Å². The molecule has 3 atom stereocenters. The molecule has 0 aliphatic heterocycles. The molecule has 0 spiro atoms. The summed E-state index contributed by atoms with van der Waals surface area (Å²) in [6, 6.07) is 4.63. The fraction of sp³-hybridized carbons (Fsp3) is 0.714. The molecule has 0 amide bonds. The van der Waals surface area contributed by atoms with Crippen molar-refractivity contribution >= 4 is 0 Å². The molecule has 1 N–H and O–H groups in total. The van der Waals surface area contributed by atoms with E-state index in [9.17, 15) is 0 Å². The lowest BCUT2D eigenvalue weighted by atomic mass is 10.2. The lowest BCUT2D eigenvalue weighted by Gasteiger charge is -2.14. The van der Waals surface area contributed by atoms with Crippen LogP contribution < -0.4 is 5.32 Å². The first-order valence-electron chi connectivity index (χ1n) is 6.55. The predicted octanol–water partition coefficient (Wildman–Crippen LogP) is 2.92. The van der Waals surface area contributed by atoms with Gasteiger partial charge in [-0.2, -0.15) is 0 Å². The Bertz CT molecular complexity index is 348. The van der Waals surface area contributed by atoms with Crippen molar-refractivity contribution in [3.63, 3.8) is 0 Å². The van der Waals surface area contributed by atoms with Crippen molar-refractivity contribution in [3.05, 3.63) is 23.7 Å². The highest BCUT2D eigenvalue weighted by molar-refractivity contribution is 5.17. The largest absolute Gasteiger partial charge is 0.464 e. The van der Waals surface area contributed by atoms with E-state index in [2.05, 4.69) is 31.3 Å². The number of rotatable bonds is 7. The second-order valence-electron chi connectivity index (χ2n) is 5.06. The molecule has 1 fully saturated rings. The molecule has 2 rings (SSSR count). The summed E-state index contributed by atoms with van der Waals surface area (Å²) in [6.45, 7) is 5.99. The fourth-order valence-electron chi connectivity index (χ4n) is 2.17. The SMILES string of the molecule is CCC(COC)NCc1ccc(C2CC2C)o1. The second-order valence-corrected chi connectivity index (χ2v) is 5.06. The van der Waals surface area contributed by atoms with Crippen LogP contribution in [0.5, 0.6) is 0 Å². The number of hydrogen-bond acceptors (Lipinski definition) is 3. The normalized spacial score (nSPS) is 24.9. The van der Waals surface area contributed by atoms with Gasteiger partial charge < -0.3 is 14.5 Å². The third kappa shape index (κ3) is 3.33. The predicted molar refractivity (Wildman–Crippen MR) is 68.0 cm³/mol. The van der Waals surface area contributed by atoms with E-state index in [0.717, 1.165) is 37.0 Å². The topological polar surface area (TPSA) is 34.4 Å². The van der Waals surface area contributed by atoms with Gasteiger partial charge in [0, 0.05) is 19.1 Å². The van der Waals surface area contributed by atoms with E-state index >= 15 is 0 Å². The molecule has 96 valence electrons. The van der Waals surface area contributed by atoms with Crippen LogP contribution in [0.25, 0.3) is 0 Å². The maximum absolute atomic E-state index is 5.85. The maximum Gasteiger partial charge on any atom is 0.117 e. The van der Waals surface area contributed by atoms with Gasteiger partial charge in [0.05, 0.1) is 13.2 Å². The van der Waals surface area contributed by atoms with Crippen molar-refractivity contribution in [1.29, 1.82) is 0 Å². The van der Waals surface area contributed by atoms with Crippen LogP contribution >= 0.6 is 0 Å². The molecule has 1 heterocycles. The molecule has 3 nitrogen and oxygen atoms in total. The van der Waals surface area contributed by atoms with E-state index in [1.165, 1.54) is 6.42 Å². The van der Waals surface area contributed by atoms with Crippen molar-refractivity contribution < 1.29 is 9.15 Å².